The Morgan fingerprint density at radius 1 is 1.33 bits per heavy atom. The van der Waals surface area contributed by atoms with Gasteiger partial charge in [0.2, 0.25) is 0 Å². The minimum Gasteiger partial charge on any atom is -0.0884 e. The molecule has 0 aromatic heterocycles. The third-order valence-electron chi connectivity index (χ3n) is 2.44. The summed E-state index contributed by atoms with van der Waals surface area (Å²) in [5.41, 5.74) is 1.56. The first-order valence-corrected chi connectivity index (χ1v) is 4.76. The van der Waals surface area contributed by atoms with E-state index in [1.54, 1.807) is 5.57 Å². The highest BCUT2D eigenvalue weighted by atomic mass is 14.2. The van der Waals surface area contributed by atoms with Gasteiger partial charge in [0.1, 0.15) is 0 Å². The van der Waals surface area contributed by atoms with Crippen molar-refractivity contribution in [2.45, 2.75) is 54.9 Å². The first-order chi connectivity index (χ1) is 5.13. The molecule has 0 amide bonds. The van der Waals surface area contributed by atoms with Crippen molar-refractivity contribution in [2.24, 2.45) is 11.8 Å². The maximum absolute atomic E-state index is 2.31. The van der Waals surface area contributed by atoms with Crippen LogP contribution in [0.15, 0.2) is 11.6 Å². The van der Waals surface area contributed by atoms with E-state index in [2.05, 4.69) is 40.7 Å². The molecule has 0 unspecified atom stereocenters. The summed E-state index contributed by atoms with van der Waals surface area (Å²) < 4.78 is 0. The molecule has 0 aliphatic heterocycles. The van der Waals surface area contributed by atoms with Gasteiger partial charge in [-0.25, -0.2) is 0 Å². The molecular formula is C12H26. The lowest BCUT2D eigenvalue weighted by atomic mass is 9.85. The van der Waals surface area contributed by atoms with Crippen molar-refractivity contribution in [1.82, 2.24) is 0 Å². The molecule has 0 nitrogen and oxygen atoms in total. The van der Waals surface area contributed by atoms with Crippen molar-refractivity contribution in [3.8, 4) is 0 Å². The average Bonchev–Trinajstić information content (AvgIpc) is 1.98. The topological polar surface area (TPSA) is 0 Å². The van der Waals surface area contributed by atoms with Crippen molar-refractivity contribution >= 4 is 0 Å². The van der Waals surface area contributed by atoms with Crippen LogP contribution in [-0.2, 0) is 0 Å². The van der Waals surface area contributed by atoms with E-state index < -0.39 is 0 Å². The Labute approximate surface area is 79.1 Å². The zero-order chi connectivity index (χ0) is 8.85. The van der Waals surface area contributed by atoms with Gasteiger partial charge in [0.25, 0.3) is 0 Å². The van der Waals surface area contributed by atoms with Gasteiger partial charge in [-0.05, 0) is 32.1 Å². The molecule has 1 atom stereocenters. The van der Waals surface area contributed by atoms with Crippen LogP contribution in [0.25, 0.3) is 0 Å². The summed E-state index contributed by atoms with van der Waals surface area (Å²) in [6.07, 6.45) is 4.89. The van der Waals surface area contributed by atoms with Gasteiger partial charge in [-0.1, -0.05) is 46.3 Å². The fourth-order valence-corrected chi connectivity index (χ4v) is 1.61. The summed E-state index contributed by atoms with van der Waals surface area (Å²) in [7, 11) is 0. The van der Waals surface area contributed by atoms with Crippen LogP contribution in [-0.4, -0.2) is 0 Å². The summed E-state index contributed by atoms with van der Waals surface area (Å²) in [5.74, 6) is 1.61. The molecule has 74 valence electrons. The van der Waals surface area contributed by atoms with E-state index in [-0.39, 0.29) is 7.43 Å². The van der Waals surface area contributed by atoms with Crippen LogP contribution < -0.4 is 0 Å². The third-order valence-corrected chi connectivity index (χ3v) is 2.44. The quantitative estimate of drug-likeness (QED) is 0.538. The molecule has 0 aromatic rings. The molecule has 0 saturated carbocycles. The van der Waals surface area contributed by atoms with E-state index in [0.717, 1.165) is 11.8 Å². The molecule has 0 aliphatic carbocycles. The Bertz CT molecular complexity index is 120. The molecule has 0 fully saturated rings. The van der Waals surface area contributed by atoms with Gasteiger partial charge in [0.05, 0.1) is 0 Å². The summed E-state index contributed by atoms with van der Waals surface area (Å²) in [6.45, 7) is 11.3. The molecule has 0 N–H and O–H groups in total. The minimum atomic E-state index is 0. The van der Waals surface area contributed by atoms with Gasteiger partial charge in [-0.15, -0.1) is 0 Å². The molecular weight excluding hydrogens is 144 g/mol. The van der Waals surface area contributed by atoms with Gasteiger partial charge < -0.3 is 0 Å². The predicted octanol–water partition coefficient (Wildman–Crippen LogP) is 4.66. The second kappa shape index (κ2) is 7.39. The molecule has 0 rings (SSSR count). The smallest absolute Gasteiger partial charge is 0.0183 e. The van der Waals surface area contributed by atoms with Crippen molar-refractivity contribution in [1.29, 1.82) is 0 Å². The highest BCUT2D eigenvalue weighted by molar-refractivity contribution is 5.02. The highest BCUT2D eigenvalue weighted by Crippen LogP contribution is 2.24. The van der Waals surface area contributed by atoms with E-state index in [9.17, 15) is 0 Å². The van der Waals surface area contributed by atoms with Gasteiger partial charge in [-0.3, -0.25) is 0 Å². The zero-order valence-corrected chi connectivity index (χ0v) is 8.65. The summed E-state index contributed by atoms with van der Waals surface area (Å²) in [4.78, 5) is 0. The lowest BCUT2D eigenvalue weighted by Crippen LogP contribution is -2.09. The van der Waals surface area contributed by atoms with Crippen LogP contribution in [0.5, 0.6) is 0 Å². The molecule has 0 heterocycles. The normalized spacial score (nSPS) is 14.3. The molecule has 0 heteroatoms. The Morgan fingerprint density at radius 3 is 2.08 bits per heavy atom. The number of allylic oxidation sites excluding steroid dienone is 2. The first-order valence-electron chi connectivity index (χ1n) is 4.76. The van der Waals surface area contributed by atoms with Gasteiger partial charge >= 0.3 is 0 Å². The SMILES string of the molecule is C.C/C=C(/C)[C@@H](CCC)C(C)C. The molecule has 0 aliphatic rings. The molecule has 0 radical (unpaired) electrons. The van der Waals surface area contributed by atoms with Crippen molar-refractivity contribution in [2.75, 3.05) is 0 Å². The predicted molar refractivity (Wildman–Crippen MR) is 59.4 cm³/mol. The summed E-state index contributed by atoms with van der Waals surface area (Å²) >= 11 is 0. The number of rotatable bonds is 4. The maximum atomic E-state index is 2.31. The Hall–Kier alpha value is -0.260. The fraction of sp³-hybridized carbons (Fsp3) is 0.833. The number of hydrogen-bond acceptors (Lipinski definition) is 0. The summed E-state index contributed by atoms with van der Waals surface area (Å²) in [5, 5.41) is 0. The monoisotopic (exact) mass is 170 g/mol. The molecule has 0 spiro atoms. The van der Waals surface area contributed by atoms with Crippen LogP contribution >= 0.6 is 0 Å². The van der Waals surface area contributed by atoms with Crippen LogP contribution in [0.2, 0.25) is 0 Å². The van der Waals surface area contributed by atoms with Gasteiger partial charge in [0.15, 0.2) is 0 Å². The van der Waals surface area contributed by atoms with Crippen LogP contribution in [0.3, 0.4) is 0 Å². The maximum Gasteiger partial charge on any atom is -0.0183 e. The Morgan fingerprint density at radius 2 is 1.83 bits per heavy atom. The lowest BCUT2D eigenvalue weighted by molar-refractivity contribution is 0.410. The van der Waals surface area contributed by atoms with Crippen LogP contribution in [0, 0.1) is 11.8 Å². The van der Waals surface area contributed by atoms with Crippen molar-refractivity contribution < 1.29 is 0 Å². The van der Waals surface area contributed by atoms with Gasteiger partial charge in [0, 0.05) is 0 Å². The Balaban J connectivity index is 0. The molecule has 0 saturated heterocycles. The lowest BCUT2D eigenvalue weighted by Gasteiger charge is -2.20. The molecule has 12 heavy (non-hydrogen) atoms. The summed E-state index contributed by atoms with van der Waals surface area (Å²) in [6, 6.07) is 0. The minimum absolute atomic E-state index is 0. The van der Waals surface area contributed by atoms with E-state index in [0.29, 0.717) is 0 Å². The van der Waals surface area contributed by atoms with E-state index in [1.807, 2.05) is 0 Å². The van der Waals surface area contributed by atoms with E-state index in [4.69, 9.17) is 0 Å². The Kier molecular flexibility index (Phi) is 8.79. The van der Waals surface area contributed by atoms with Crippen LogP contribution in [0.4, 0.5) is 0 Å². The molecule has 0 bridgehead atoms. The second-order valence-corrected chi connectivity index (χ2v) is 3.67. The third kappa shape index (κ3) is 4.58. The fourth-order valence-electron chi connectivity index (χ4n) is 1.61. The average molecular weight is 170 g/mol. The second-order valence-electron chi connectivity index (χ2n) is 3.67. The zero-order valence-electron chi connectivity index (χ0n) is 8.65. The largest absolute Gasteiger partial charge is 0.0884 e. The van der Waals surface area contributed by atoms with Gasteiger partial charge in [-0.2, -0.15) is 0 Å². The molecule has 0 aromatic carbocycles. The highest BCUT2D eigenvalue weighted by Gasteiger charge is 2.12. The van der Waals surface area contributed by atoms with Crippen molar-refractivity contribution in [3.05, 3.63) is 11.6 Å². The number of hydrogen-bond donors (Lipinski definition) is 0. The standard InChI is InChI=1S/C11H22.CH4/c1-6-8-11(9(3)4)10(5)7-2;/h7,9,11H,6,8H2,1-5H3;1H4/b10-7-;/t11-;/m0./s1. The van der Waals surface area contributed by atoms with Crippen molar-refractivity contribution in [3.63, 3.8) is 0 Å². The first kappa shape index (κ1) is 14.3. The van der Waals surface area contributed by atoms with E-state index in [1.165, 1.54) is 12.8 Å². The van der Waals surface area contributed by atoms with E-state index >= 15 is 0 Å². The van der Waals surface area contributed by atoms with Crippen LogP contribution in [0.1, 0.15) is 54.9 Å².